The van der Waals surface area contributed by atoms with Crippen LogP contribution in [0.1, 0.15) is 43.1 Å². The molecule has 1 aliphatic rings. The highest BCUT2D eigenvalue weighted by Gasteiger charge is 2.34. The summed E-state index contributed by atoms with van der Waals surface area (Å²) < 4.78 is 1.85. The normalized spacial score (nSPS) is 21.2. The van der Waals surface area contributed by atoms with Crippen LogP contribution in [0, 0.1) is 6.92 Å². The van der Waals surface area contributed by atoms with Crippen LogP contribution in [0.15, 0.2) is 30.9 Å². The van der Waals surface area contributed by atoms with Gasteiger partial charge >= 0.3 is 0 Å². The van der Waals surface area contributed by atoms with Crippen molar-refractivity contribution in [3.63, 3.8) is 0 Å². The Labute approximate surface area is 184 Å². The zero-order chi connectivity index (χ0) is 22.2. The van der Waals surface area contributed by atoms with Gasteiger partial charge < -0.3 is 25.7 Å². The first kappa shape index (κ1) is 20.4. The standard InChI is InChI=1S/C22H26N8O2/c1-12-27-14-7-5-13(9-16(14)28-12)6-8-18(31)29-15-3-2-4-17(20(15)32)30-11-26-19-21(23)24-10-25-22(19)30/h5,7,9-11,15,17,20,32H,2-4,6,8H2,1H3,(H,27,28)(H,29,31)(H2,23,24,25)/t15-,17-,20-/m0/s1. The van der Waals surface area contributed by atoms with Gasteiger partial charge in [-0.05, 0) is 50.3 Å². The summed E-state index contributed by atoms with van der Waals surface area (Å²) in [5, 5.41) is 14.1. The highest BCUT2D eigenvalue weighted by atomic mass is 16.3. The molecule has 1 fully saturated rings. The van der Waals surface area contributed by atoms with E-state index >= 15 is 0 Å². The number of aromatic amines is 1. The van der Waals surface area contributed by atoms with Gasteiger partial charge in [-0.1, -0.05) is 6.07 Å². The number of carbonyl (C=O) groups is 1. The molecule has 0 saturated heterocycles. The molecule has 166 valence electrons. The molecule has 10 heteroatoms. The number of nitrogen functional groups attached to an aromatic ring is 1. The topological polar surface area (TPSA) is 148 Å². The molecule has 4 aromatic rings. The number of hydrogen-bond acceptors (Lipinski definition) is 7. The Morgan fingerprint density at radius 3 is 3.06 bits per heavy atom. The molecule has 32 heavy (non-hydrogen) atoms. The van der Waals surface area contributed by atoms with E-state index in [4.69, 9.17) is 5.73 Å². The fourth-order valence-electron chi connectivity index (χ4n) is 4.61. The maximum absolute atomic E-state index is 12.6. The first-order chi connectivity index (χ1) is 15.5. The van der Waals surface area contributed by atoms with Gasteiger partial charge in [0.05, 0.1) is 35.5 Å². The van der Waals surface area contributed by atoms with Crippen molar-refractivity contribution >= 4 is 33.9 Å². The van der Waals surface area contributed by atoms with Gasteiger partial charge in [0.1, 0.15) is 17.7 Å². The van der Waals surface area contributed by atoms with E-state index in [1.807, 2.05) is 29.7 Å². The minimum absolute atomic E-state index is 0.0716. The van der Waals surface area contributed by atoms with Crippen molar-refractivity contribution < 1.29 is 9.90 Å². The Morgan fingerprint density at radius 2 is 2.19 bits per heavy atom. The predicted molar refractivity (Wildman–Crippen MR) is 120 cm³/mol. The van der Waals surface area contributed by atoms with Crippen LogP contribution in [0.4, 0.5) is 5.82 Å². The fraction of sp³-hybridized carbons (Fsp3) is 0.409. The molecule has 3 aromatic heterocycles. The number of aliphatic hydroxyl groups is 1. The minimum atomic E-state index is -0.745. The van der Waals surface area contributed by atoms with Crippen LogP contribution in [0.3, 0.4) is 0 Å². The van der Waals surface area contributed by atoms with Crippen molar-refractivity contribution in [3.05, 3.63) is 42.2 Å². The molecule has 0 radical (unpaired) electrons. The third kappa shape index (κ3) is 3.77. The van der Waals surface area contributed by atoms with E-state index in [1.165, 1.54) is 6.33 Å². The molecule has 10 nitrogen and oxygen atoms in total. The Hall–Kier alpha value is -3.53. The average molecular weight is 435 g/mol. The lowest BCUT2D eigenvalue weighted by Crippen LogP contribution is -2.49. The van der Waals surface area contributed by atoms with E-state index in [0.29, 0.717) is 29.8 Å². The van der Waals surface area contributed by atoms with Gasteiger partial charge in [0.2, 0.25) is 5.91 Å². The summed E-state index contributed by atoms with van der Waals surface area (Å²) in [5.74, 6) is 1.11. The number of anilines is 1. The lowest BCUT2D eigenvalue weighted by atomic mass is 9.87. The predicted octanol–water partition coefficient (Wildman–Crippen LogP) is 1.80. The van der Waals surface area contributed by atoms with Gasteiger partial charge in [0, 0.05) is 6.42 Å². The van der Waals surface area contributed by atoms with Gasteiger partial charge in [-0.3, -0.25) is 4.79 Å². The lowest BCUT2D eigenvalue weighted by Gasteiger charge is -2.36. The highest BCUT2D eigenvalue weighted by molar-refractivity contribution is 5.81. The van der Waals surface area contributed by atoms with E-state index in [2.05, 4.69) is 30.2 Å². The number of nitrogens with one attached hydrogen (secondary N) is 2. The summed E-state index contributed by atoms with van der Waals surface area (Å²) in [6.07, 6.45) is 5.64. The molecule has 3 atom stereocenters. The Bertz CT molecular complexity index is 1280. The number of imidazole rings is 2. The number of aromatic nitrogens is 6. The second kappa shape index (κ2) is 8.19. The van der Waals surface area contributed by atoms with E-state index in [0.717, 1.165) is 41.7 Å². The van der Waals surface area contributed by atoms with Gasteiger partial charge in [0.15, 0.2) is 11.5 Å². The van der Waals surface area contributed by atoms with Gasteiger partial charge in [-0.2, -0.15) is 0 Å². The van der Waals surface area contributed by atoms with Crippen LogP contribution >= 0.6 is 0 Å². The molecular formula is C22H26N8O2. The van der Waals surface area contributed by atoms with Crippen LogP contribution in [-0.2, 0) is 11.2 Å². The number of aliphatic hydroxyl groups excluding tert-OH is 1. The van der Waals surface area contributed by atoms with Gasteiger partial charge in [-0.25, -0.2) is 19.9 Å². The second-order valence-electron chi connectivity index (χ2n) is 8.42. The Balaban J connectivity index is 1.24. The van der Waals surface area contributed by atoms with Crippen molar-refractivity contribution in [3.8, 4) is 0 Å². The lowest BCUT2D eigenvalue weighted by molar-refractivity contribution is -0.123. The van der Waals surface area contributed by atoms with Crippen LogP contribution in [0.5, 0.6) is 0 Å². The third-order valence-corrected chi connectivity index (χ3v) is 6.22. The molecule has 5 rings (SSSR count). The van der Waals surface area contributed by atoms with Crippen LogP contribution in [0.25, 0.3) is 22.2 Å². The molecule has 1 aromatic carbocycles. The summed E-state index contributed by atoms with van der Waals surface area (Å²) in [5.41, 5.74) is 9.97. The summed E-state index contributed by atoms with van der Waals surface area (Å²) in [7, 11) is 0. The molecule has 0 aliphatic heterocycles. The number of carbonyl (C=O) groups excluding carboxylic acids is 1. The van der Waals surface area contributed by atoms with Crippen molar-refractivity contribution in [2.75, 3.05) is 5.73 Å². The number of rotatable bonds is 5. The molecule has 0 spiro atoms. The number of benzene rings is 1. The van der Waals surface area contributed by atoms with Gasteiger partial charge in [-0.15, -0.1) is 0 Å². The Kier molecular flexibility index (Phi) is 5.22. The highest BCUT2D eigenvalue weighted by Crippen LogP contribution is 2.31. The van der Waals surface area contributed by atoms with Crippen molar-refractivity contribution in [2.45, 2.75) is 57.2 Å². The summed E-state index contributed by atoms with van der Waals surface area (Å²) >= 11 is 0. The van der Waals surface area contributed by atoms with Crippen LogP contribution in [0.2, 0.25) is 0 Å². The van der Waals surface area contributed by atoms with Crippen molar-refractivity contribution in [2.24, 2.45) is 0 Å². The number of aryl methyl sites for hydroxylation is 2. The zero-order valence-corrected chi connectivity index (χ0v) is 17.8. The number of H-pyrrole nitrogens is 1. The summed E-state index contributed by atoms with van der Waals surface area (Å²) in [4.78, 5) is 32.8. The minimum Gasteiger partial charge on any atom is -0.389 e. The fourth-order valence-corrected chi connectivity index (χ4v) is 4.61. The van der Waals surface area contributed by atoms with Crippen molar-refractivity contribution in [1.29, 1.82) is 0 Å². The van der Waals surface area contributed by atoms with E-state index in [1.54, 1.807) is 6.33 Å². The van der Waals surface area contributed by atoms with E-state index in [-0.39, 0.29) is 18.0 Å². The maximum Gasteiger partial charge on any atom is 0.220 e. The summed E-state index contributed by atoms with van der Waals surface area (Å²) in [6, 6.07) is 5.44. The molecule has 0 bridgehead atoms. The van der Waals surface area contributed by atoms with Crippen LogP contribution < -0.4 is 11.1 Å². The van der Waals surface area contributed by atoms with E-state index in [9.17, 15) is 9.90 Å². The second-order valence-corrected chi connectivity index (χ2v) is 8.42. The number of hydrogen-bond donors (Lipinski definition) is 4. The van der Waals surface area contributed by atoms with Crippen molar-refractivity contribution in [1.82, 2.24) is 34.8 Å². The molecule has 1 saturated carbocycles. The quantitative estimate of drug-likeness (QED) is 0.374. The first-order valence-corrected chi connectivity index (χ1v) is 10.9. The number of nitrogens with zero attached hydrogens (tertiary/aromatic N) is 5. The molecule has 1 amide bonds. The zero-order valence-electron chi connectivity index (χ0n) is 17.8. The Morgan fingerprint density at radius 1 is 1.31 bits per heavy atom. The molecule has 1 aliphatic carbocycles. The summed E-state index contributed by atoms with van der Waals surface area (Å²) in [6.45, 7) is 1.92. The largest absolute Gasteiger partial charge is 0.389 e. The number of amides is 1. The maximum atomic E-state index is 12.6. The molecule has 0 unspecified atom stereocenters. The SMILES string of the molecule is Cc1nc2ccc(CCC(=O)N[C@H]3CCC[C@H](n4cnc5c(N)ncnc54)[C@H]3O)cc2[nH]1. The third-order valence-electron chi connectivity index (χ3n) is 6.22. The van der Waals surface area contributed by atoms with Crippen LogP contribution in [-0.4, -0.2) is 52.6 Å². The molecule has 3 heterocycles. The first-order valence-electron chi connectivity index (χ1n) is 10.9. The smallest absolute Gasteiger partial charge is 0.220 e. The monoisotopic (exact) mass is 434 g/mol. The average Bonchev–Trinajstić information content (AvgIpc) is 3.37. The van der Waals surface area contributed by atoms with Gasteiger partial charge in [0.25, 0.3) is 0 Å². The number of fused-ring (bicyclic) bond motifs is 2. The van der Waals surface area contributed by atoms with E-state index < -0.39 is 6.10 Å². The molecule has 5 N–H and O–H groups in total. The molecular weight excluding hydrogens is 408 g/mol. The number of nitrogens with two attached hydrogens (primary N) is 1.